The number of carbonyl (C=O) groups excluding carboxylic acids is 1. The molecular weight excluding hydrogens is 277 g/mol. The Labute approximate surface area is 120 Å². The summed E-state index contributed by atoms with van der Waals surface area (Å²) >= 11 is 0. The molecule has 2 fully saturated rings. The van der Waals surface area contributed by atoms with Crippen LogP contribution in [0, 0.1) is 0 Å². The maximum Gasteiger partial charge on any atom is 0.237 e. The van der Waals surface area contributed by atoms with Gasteiger partial charge in [0, 0.05) is 25.7 Å². The van der Waals surface area contributed by atoms with Gasteiger partial charge < -0.3 is 20.6 Å². The van der Waals surface area contributed by atoms with Crippen molar-refractivity contribution in [3.05, 3.63) is 0 Å². The number of β-amino-alcohol motifs (C(OH)–C–C–N with tert-alkyl or cyclic N) is 1. The number of aliphatic hydroxyl groups is 1. The highest BCUT2D eigenvalue weighted by Crippen LogP contribution is 2.24. The Morgan fingerprint density at radius 2 is 2.11 bits per heavy atom. The number of carbonyl (C=O) groups is 1. The van der Waals surface area contributed by atoms with Crippen LogP contribution in [0.5, 0.6) is 0 Å². The minimum Gasteiger partial charge on any atom is -0.392 e. The lowest BCUT2D eigenvalue weighted by Crippen LogP contribution is -2.43. The number of rotatable bonds is 5. The van der Waals surface area contributed by atoms with E-state index in [2.05, 4.69) is 22.6 Å². The molecule has 18 heavy (non-hydrogen) atoms. The van der Waals surface area contributed by atoms with Crippen LogP contribution in [0.4, 0.5) is 0 Å². The van der Waals surface area contributed by atoms with E-state index in [1.54, 1.807) is 0 Å². The van der Waals surface area contributed by atoms with Gasteiger partial charge >= 0.3 is 0 Å². The summed E-state index contributed by atoms with van der Waals surface area (Å²) in [7, 11) is 2.10. The highest BCUT2D eigenvalue weighted by atomic mass is 35.5. The molecule has 0 aromatic heterocycles. The quantitative estimate of drug-likeness (QED) is 0.656. The molecule has 1 saturated heterocycles. The van der Waals surface area contributed by atoms with Crippen molar-refractivity contribution >= 4 is 30.7 Å². The lowest BCUT2D eigenvalue weighted by molar-refractivity contribution is -0.122. The van der Waals surface area contributed by atoms with Gasteiger partial charge in [0.25, 0.3) is 0 Å². The fourth-order valence-corrected chi connectivity index (χ4v) is 2.09. The number of likely N-dealkylation sites (N-methyl/N-ethyl adjacent to an activating group) is 1. The molecule has 2 rings (SSSR count). The van der Waals surface area contributed by atoms with Crippen LogP contribution in [0.25, 0.3) is 0 Å². The first-order valence-electron chi connectivity index (χ1n) is 6.06. The van der Waals surface area contributed by atoms with E-state index in [9.17, 15) is 9.90 Å². The van der Waals surface area contributed by atoms with Crippen molar-refractivity contribution in [1.82, 2.24) is 15.5 Å². The third-order valence-corrected chi connectivity index (χ3v) is 3.36. The van der Waals surface area contributed by atoms with Gasteiger partial charge in [0.1, 0.15) is 0 Å². The summed E-state index contributed by atoms with van der Waals surface area (Å²) in [6, 6.07) is 0.532. The third kappa shape index (κ3) is 5.28. The zero-order valence-corrected chi connectivity index (χ0v) is 12.2. The first kappa shape index (κ1) is 17.9. The summed E-state index contributed by atoms with van der Waals surface area (Å²) in [5.41, 5.74) is 0. The maximum atomic E-state index is 11.7. The van der Waals surface area contributed by atoms with Crippen LogP contribution < -0.4 is 10.6 Å². The molecular formula is C11H23Cl2N3O2. The summed E-state index contributed by atoms with van der Waals surface area (Å²) in [4.78, 5) is 13.9. The number of halogens is 2. The van der Waals surface area contributed by atoms with Gasteiger partial charge in [0.15, 0.2) is 0 Å². The van der Waals surface area contributed by atoms with Crippen molar-refractivity contribution in [3.8, 4) is 0 Å². The Kier molecular flexibility index (Phi) is 8.14. The van der Waals surface area contributed by atoms with E-state index in [4.69, 9.17) is 0 Å². The van der Waals surface area contributed by atoms with Gasteiger partial charge in [-0.15, -0.1) is 24.8 Å². The predicted molar refractivity (Wildman–Crippen MR) is 75.6 cm³/mol. The summed E-state index contributed by atoms with van der Waals surface area (Å²) in [6.45, 7) is 2.13. The minimum absolute atomic E-state index is 0. The molecule has 2 aliphatic rings. The minimum atomic E-state index is -0.370. The molecule has 5 nitrogen and oxygen atoms in total. The maximum absolute atomic E-state index is 11.7. The number of nitrogens with zero attached hydrogens (tertiary/aromatic N) is 1. The van der Waals surface area contributed by atoms with Gasteiger partial charge in [0.05, 0.1) is 12.1 Å². The molecule has 0 spiro atoms. The summed E-state index contributed by atoms with van der Waals surface area (Å²) in [6.07, 6.45) is 2.75. The van der Waals surface area contributed by atoms with E-state index in [1.165, 1.54) is 12.8 Å². The molecule has 2 atom stereocenters. The molecule has 2 unspecified atom stereocenters. The molecule has 3 N–H and O–H groups in total. The van der Waals surface area contributed by atoms with Crippen LogP contribution in [0.3, 0.4) is 0 Å². The molecule has 0 aromatic rings. The lowest BCUT2D eigenvalue weighted by atomic mass is 10.2. The van der Waals surface area contributed by atoms with Crippen molar-refractivity contribution in [2.24, 2.45) is 0 Å². The number of nitrogens with one attached hydrogen (secondary N) is 2. The van der Waals surface area contributed by atoms with E-state index < -0.39 is 0 Å². The monoisotopic (exact) mass is 299 g/mol. The van der Waals surface area contributed by atoms with Crippen LogP contribution in [0.2, 0.25) is 0 Å². The molecule has 1 amide bonds. The van der Waals surface area contributed by atoms with E-state index in [0.717, 1.165) is 12.6 Å². The molecule has 1 heterocycles. The Balaban J connectivity index is 0.00000144. The van der Waals surface area contributed by atoms with Gasteiger partial charge in [0.2, 0.25) is 5.91 Å². The Morgan fingerprint density at radius 3 is 2.61 bits per heavy atom. The molecule has 0 bridgehead atoms. The van der Waals surface area contributed by atoms with Gasteiger partial charge in [-0.25, -0.2) is 0 Å². The average Bonchev–Trinajstić information content (AvgIpc) is 3.01. The average molecular weight is 300 g/mol. The van der Waals surface area contributed by atoms with Gasteiger partial charge in [-0.3, -0.25) is 4.79 Å². The molecule has 7 heteroatoms. The molecule has 0 radical (unpaired) electrons. The van der Waals surface area contributed by atoms with E-state index >= 15 is 0 Å². The zero-order chi connectivity index (χ0) is 11.5. The Morgan fingerprint density at radius 1 is 1.44 bits per heavy atom. The van der Waals surface area contributed by atoms with E-state index in [1.807, 2.05) is 0 Å². The van der Waals surface area contributed by atoms with Crippen LogP contribution in [0.15, 0.2) is 0 Å². The molecule has 1 saturated carbocycles. The zero-order valence-electron chi connectivity index (χ0n) is 10.6. The predicted octanol–water partition coefficient (Wildman–Crippen LogP) is -0.237. The number of aliphatic hydroxyl groups excluding tert-OH is 1. The summed E-state index contributed by atoms with van der Waals surface area (Å²) in [5.74, 6) is 0.0146. The largest absolute Gasteiger partial charge is 0.392 e. The van der Waals surface area contributed by atoms with Crippen LogP contribution in [0.1, 0.15) is 19.3 Å². The SMILES string of the molecule is CN(CCNC(=O)C1CC(O)CN1)C1CC1.Cl.Cl. The van der Waals surface area contributed by atoms with Gasteiger partial charge in [-0.1, -0.05) is 0 Å². The topological polar surface area (TPSA) is 64.6 Å². The van der Waals surface area contributed by atoms with Crippen molar-refractivity contribution < 1.29 is 9.90 Å². The first-order chi connectivity index (χ1) is 7.66. The van der Waals surface area contributed by atoms with Crippen molar-refractivity contribution in [3.63, 3.8) is 0 Å². The highest BCUT2D eigenvalue weighted by Gasteiger charge is 2.28. The van der Waals surface area contributed by atoms with Crippen LogP contribution >= 0.6 is 24.8 Å². The van der Waals surface area contributed by atoms with E-state index in [-0.39, 0.29) is 42.9 Å². The van der Waals surface area contributed by atoms with Gasteiger partial charge in [-0.2, -0.15) is 0 Å². The number of hydrogen-bond donors (Lipinski definition) is 3. The molecule has 1 aliphatic carbocycles. The second-order valence-electron chi connectivity index (χ2n) is 4.85. The molecule has 0 aromatic carbocycles. The Bertz CT molecular complexity index is 265. The fourth-order valence-electron chi connectivity index (χ4n) is 2.09. The smallest absolute Gasteiger partial charge is 0.237 e. The first-order valence-corrected chi connectivity index (χ1v) is 6.06. The van der Waals surface area contributed by atoms with Crippen LogP contribution in [-0.4, -0.2) is 60.8 Å². The van der Waals surface area contributed by atoms with E-state index in [0.29, 0.717) is 19.5 Å². The van der Waals surface area contributed by atoms with Crippen molar-refractivity contribution in [2.45, 2.75) is 37.5 Å². The second kappa shape index (κ2) is 8.17. The third-order valence-electron chi connectivity index (χ3n) is 3.36. The number of amides is 1. The fraction of sp³-hybridized carbons (Fsp3) is 0.909. The van der Waals surface area contributed by atoms with Crippen molar-refractivity contribution in [2.75, 3.05) is 26.7 Å². The second-order valence-corrected chi connectivity index (χ2v) is 4.85. The van der Waals surface area contributed by atoms with Gasteiger partial charge in [-0.05, 0) is 26.3 Å². The normalized spacial score (nSPS) is 26.4. The molecule has 1 aliphatic heterocycles. The van der Waals surface area contributed by atoms with Crippen LogP contribution in [-0.2, 0) is 4.79 Å². The number of hydrogen-bond acceptors (Lipinski definition) is 4. The Hall–Kier alpha value is -0.0700. The highest BCUT2D eigenvalue weighted by molar-refractivity contribution is 5.85. The molecule has 108 valence electrons. The standard InChI is InChI=1S/C11H21N3O2.2ClH/c1-14(8-2-3-8)5-4-12-11(16)10-6-9(15)7-13-10;;/h8-10,13,15H,2-7H2,1H3,(H,12,16);2*1H. The summed E-state index contributed by atoms with van der Waals surface area (Å²) in [5, 5.41) is 15.2. The lowest BCUT2D eigenvalue weighted by Gasteiger charge is -2.17. The van der Waals surface area contributed by atoms with Crippen molar-refractivity contribution in [1.29, 1.82) is 0 Å². The summed E-state index contributed by atoms with van der Waals surface area (Å²) < 4.78 is 0.